The third-order valence-electron chi connectivity index (χ3n) is 1.90. The van der Waals surface area contributed by atoms with Crippen LogP contribution in [0, 0.1) is 0 Å². The summed E-state index contributed by atoms with van der Waals surface area (Å²) in [5.74, 6) is 0. The lowest BCUT2D eigenvalue weighted by Crippen LogP contribution is -1.96. The Morgan fingerprint density at radius 1 is 1.53 bits per heavy atom. The van der Waals surface area contributed by atoms with Crippen LogP contribution in [0.15, 0.2) is 29.4 Å². The third kappa shape index (κ3) is 2.67. The molecule has 4 heteroatoms. The number of halogens is 1. The molecule has 1 aromatic carbocycles. The van der Waals surface area contributed by atoms with Crippen LogP contribution >= 0.6 is 11.6 Å². The first kappa shape index (κ1) is 11.5. The fourth-order valence-corrected chi connectivity index (χ4v) is 1.39. The average molecular weight is 223 g/mol. The highest BCUT2D eigenvalue weighted by atomic mass is 35.5. The number of aldehydes is 1. The van der Waals surface area contributed by atoms with Gasteiger partial charge in [0.15, 0.2) is 6.29 Å². The maximum absolute atomic E-state index is 10.8. The van der Waals surface area contributed by atoms with Gasteiger partial charge in [-0.2, -0.15) is 0 Å². The highest BCUT2D eigenvalue weighted by Crippen LogP contribution is 2.20. The van der Waals surface area contributed by atoms with Gasteiger partial charge in [0.05, 0.1) is 0 Å². The van der Waals surface area contributed by atoms with Crippen LogP contribution < -0.4 is 5.73 Å². The number of nitrogens with zero attached hydrogens (tertiary/aromatic N) is 1. The summed E-state index contributed by atoms with van der Waals surface area (Å²) in [6, 6.07) is 5.00. The molecule has 0 spiro atoms. The molecule has 0 amide bonds. The van der Waals surface area contributed by atoms with Crippen LogP contribution in [0.3, 0.4) is 0 Å². The summed E-state index contributed by atoms with van der Waals surface area (Å²) in [7, 11) is 1.63. The molecule has 78 valence electrons. The smallest absolute Gasteiger partial charge is 0.150 e. The number of carbonyl (C=O) groups is 1. The number of benzene rings is 1. The molecule has 0 aromatic heterocycles. The maximum atomic E-state index is 10.8. The van der Waals surface area contributed by atoms with Crippen LogP contribution in [0.25, 0.3) is 5.57 Å². The number of allylic oxidation sites excluding steroid dienone is 1. The predicted octanol–water partition coefficient (Wildman–Crippen LogP) is 2.15. The van der Waals surface area contributed by atoms with Gasteiger partial charge in [0.1, 0.15) is 0 Å². The molecule has 15 heavy (non-hydrogen) atoms. The van der Waals surface area contributed by atoms with Gasteiger partial charge in [-0.25, -0.2) is 0 Å². The van der Waals surface area contributed by atoms with E-state index in [0.29, 0.717) is 21.7 Å². The molecule has 0 saturated carbocycles. The van der Waals surface area contributed by atoms with Crippen molar-refractivity contribution in [1.82, 2.24) is 0 Å². The Kier molecular flexibility index (Phi) is 4.06. The molecule has 1 aromatic rings. The number of hydrogen-bond donors (Lipinski definition) is 1. The zero-order valence-corrected chi connectivity index (χ0v) is 9.03. The molecule has 0 aliphatic heterocycles. The summed E-state index contributed by atoms with van der Waals surface area (Å²) in [5.41, 5.74) is 7.34. The monoisotopic (exact) mass is 222 g/mol. The normalized spacial score (nSPS) is 12.0. The molecular formula is C11H11ClN2O. The summed E-state index contributed by atoms with van der Waals surface area (Å²) < 4.78 is 0. The van der Waals surface area contributed by atoms with Crippen molar-refractivity contribution < 1.29 is 4.79 Å². The van der Waals surface area contributed by atoms with E-state index in [0.717, 1.165) is 6.29 Å². The molecule has 0 heterocycles. The van der Waals surface area contributed by atoms with Gasteiger partial charge in [-0.3, -0.25) is 9.79 Å². The standard InChI is InChI=1S/C11H11ClN2O/c1-14-6-9(5-13)11-4-10(12)3-2-8(11)7-15/h2-7H,13H2,1H3/b9-5+,14-6?. The molecule has 2 N–H and O–H groups in total. The van der Waals surface area contributed by atoms with Crippen LogP contribution in [0.5, 0.6) is 0 Å². The highest BCUT2D eigenvalue weighted by molar-refractivity contribution is 6.31. The molecule has 0 unspecified atom stereocenters. The predicted molar refractivity (Wildman–Crippen MR) is 63.4 cm³/mol. The van der Waals surface area contributed by atoms with E-state index in [1.807, 2.05) is 0 Å². The second-order valence-corrected chi connectivity index (χ2v) is 3.30. The van der Waals surface area contributed by atoms with Gasteiger partial charge in [-0.1, -0.05) is 11.6 Å². The Morgan fingerprint density at radius 2 is 2.27 bits per heavy atom. The van der Waals surface area contributed by atoms with Crippen LogP contribution in [0.1, 0.15) is 15.9 Å². The van der Waals surface area contributed by atoms with Crippen molar-refractivity contribution in [1.29, 1.82) is 0 Å². The molecule has 0 bridgehead atoms. The molecule has 0 aliphatic carbocycles. The van der Waals surface area contributed by atoms with Crippen LogP contribution in [0.4, 0.5) is 0 Å². The van der Waals surface area contributed by atoms with Crippen molar-refractivity contribution in [2.45, 2.75) is 0 Å². The first-order valence-electron chi connectivity index (χ1n) is 4.32. The average Bonchev–Trinajstić information content (AvgIpc) is 2.26. The lowest BCUT2D eigenvalue weighted by atomic mass is 10.0. The maximum Gasteiger partial charge on any atom is 0.150 e. The molecule has 0 saturated heterocycles. The van der Waals surface area contributed by atoms with E-state index >= 15 is 0 Å². The topological polar surface area (TPSA) is 55.4 Å². The van der Waals surface area contributed by atoms with Crippen molar-refractivity contribution in [3.05, 3.63) is 40.5 Å². The lowest BCUT2D eigenvalue weighted by Gasteiger charge is -2.05. The molecule has 0 aliphatic rings. The van der Waals surface area contributed by atoms with Gasteiger partial charge in [-0.15, -0.1) is 0 Å². The lowest BCUT2D eigenvalue weighted by molar-refractivity contribution is 0.112. The van der Waals surface area contributed by atoms with Crippen molar-refractivity contribution >= 4 is 29.7 Å². The van der Waals surface area contributed by atoms with Crippen LogP contribution in [-0.2, 0) is 0 Å². The van der Waals surface area contributed by atoms with Gasteiger partial charge < -0.3 is 5.73 Å². The van der Waals surface area contributed by atoms with E-state index in [1.165, 1.54) is 6.20 Å². The minimum Gasteiger partial charge on any atom is -0.404 e. The number of nitrogens with two attached hydrogens (primary N) is 1. The first-order chi connectivity index (χ1) is 7.22. The zero-order valence-electron chi connectivity index (χ0n) is 8.27. The number of carbonyl (C=O) groups excluding carboxylic acids is 1. The van der Waals surface area contributed by atoms with Crippen molar-refractivity contribution in [2.24, 2.45) is 10.7 Å². The zero-order chi connectivity index (χ0) is 11.3. The van der Waals surface area contributed by atoms with E-state index in [9.17, 15) is 4.79 Å². The molecule has 0 atom stereocenters. The highest BCUT2D eigenvalue weighted by Gasteiger charge is 2.05. The Bertz CT molecular complexity index is 425. The van der Waals surface area contributed by atoms with Crippen molar-refractivity contribution in [3.63, 3.8) is 0 Å². The SMILES string of the molecule is CN=C/C(=C\N)c1cc(Cl)ccc1C=O. The van der Waals surface area contributed by atoms with Crippen LogP contribution in [-0.4, -0.2) is 19.5 Å². The summed E-state index contributed by atoms with van der Waals surface area (Å²) in [6.45, 7) is 0. The fraction of sp³-hybridized carbons (Fsp3) is 0.0909. The van der Waals surface area contributed by atoms with E-state index in [4.69, 9.17) is 17.3 Å². The Morgan fingerprint density at radius 3 is 2.80 bits per heavy atom. The van der Waals surface area contributed by atoms with Gasteiger partial charge in [0.25, 0.3) is 0 Å². The van der Waals surface area contributed by atoms with Crippen molar-refractivity contribution in [3.8, 4) is 0 Å². The molecule has 0 fully saturated rings. The van der Waals surface area contributed by atoms with Gasteiger partial charge >= 0.3 is 0 Å². The molecule has 3 nitrogen and oxygen atoms in total. The largest absolute Gasteiger partial charge is 0.404 e. The summed E-state index contributed by atoms with van der Waals surface area (Å²) >= 11 is 5.85. The second kappa shape index (κ2) is 5.32. The van der Waals surface area contributed by atoms with Crippen LogP contribution in [0.2, 0.25) is 5.02 Å². The quantitative estimate of drug-likeness (QED) is 0.629. The number of hydrogen-bond acceptors (Lipinski definition) is 3. The Balaban J connectivity index is 3.32. The number of rotatable bonds is 3. The van der Waals surface area contributed by atoms with Gasteiger partial charge in [0, 0.05) is 35.6 Å². The Hall–Kier alpha value is -1.61. The third-order valence-corrected chi connectivity index (χ3v) is 2.14. The molecule has 0 radical (unpaired) electrons. The fourth-order valence-electron chi connectivity index (χ4n) is 1.22. The van der Waals surface area contributed by atoms with E-state index in [1.54, 1.807) is 31.5 Å². The van der Waals surface area contributed by atoms with Gasteiger partial charge in [-0.05, 0) is 23.8 Å². The molecular weight excluding hydrogens is 212 g/mol. The first-order valence-corrected chi connectivity index (χ1v) is 4.70. The minimum atomic E-state index is 0.538. The summed E-state index contributed by atoms with van der Waals surface area (Å²) in [4.78, 5) is 14.7. The summed E-state index contributed by atoms with van der Waals surface area (Å²) in [6.07, 6.45) is 3.74. The number of aliphatic imine (C=N–C) groups is 1. The Labute approximate surface area is 93.3 Å². The minimum absolute atomic E-state index is 0.538. The molecule has 1 rings (SSSR count). The van der Waals surface area contributed by atoms with Crippen molar-refractivity contribution in [2.75, 3.05) is 7.05 Å². The van der Waals surface area contributed by atoms with E-state index in [2.05, 4.69) is 4.99 Å². The summed E-state index contributed by atoms with van der Waals surface area (Å²) in [5, 5.41) is 0.555. The van der Waals surface area contributed by atoms with E-state index in [-0.39, 0.29) is 0 Å². The van der Waals surface area contributed by atoms with E-state index < -0.39 is 0 Å². The van der Waals surface area contributed by atoms with Gasteiger partial charge in [0.2, 0.25) is 0 Å². The second-order valence-electron chi connectivity index (χ2n) is 2.86.